The van der Waals surface area contributed by atoms with Crippen LogP contribution < -0.4 is 20.7 Å². The fraction of sp³-hybridized carbons (Fsp3) is 0.286. The van der Waals surface area contributed by atoms with Gasteiger partial charge in [-0.15, -0.1) is 0 Å². The molecule has 0 fully saturated rings. The van der Waals surface area contributed by atoms with Crippen molar-refractivity contribution in [1.82, 2.24) is 10.6 Å². The molecule has 0 saturated carbocycles. The molecule has 2 aromatic carbocycles. The second kappa shape index (κ2) is 11.8. The minimum absolute atomic E-state index is 0.154. The normalized spacial score (nSPS) is 10.1. The maximum atomic E-state index is 12.3. The maximum absolute atomic E-state index is 12.3. The summed E-state index contributed by atoms with van der Waals surface area (Å²) < 4.78 is 10.3. The number of thiocarbonyl (C=S) groups is 1. The van der Waals surface area contributed by atoms with Crippen LogP contribution in [0.1, 0.15) is 34.1 Å². The molecule has 0 heterocycles. The van der Waals surface area contributed by atoms with Gasteiger partial charge in [0.25, 0.3) is 11.8 Å². The van der Waals surface area contributed by atoms with E-state index in [2.05, 4.69) is 16.0 Å². The van der Waals surface area contributed by atoms with Crippen LogP contribution in [0.4, 0.5) is 5.69 Å². The van der Waals surface area contributed by atoms with Gasteiger partial charge >= 0.3 is 0 Å². The van der Waals surface area contributed by atoms with Gasteiger partial charge in [0.2, 0.25) is 0 Å². The smallest absolute Gasteiger partial charge is 0.257 e. The molecule has 0 aliphatic carbocycles. The molecule has 0 unspecified atom stereocenters. The molecule has 0 aromatic heterocycles. The second-order valence-electron chi connectivity index (χ2n) is 6.05. The number of amides is 2. The zero-order valence-corrected chi connectivity index (χ0v) is 17.3. The molecule has 2 rings (SSSR count). The number of benzene rings is 2. The average Bonchev–Trinajstić information content (AvgIpc) is 2.72. The molecular formula is C21H25N3O4S. The molecule has 2 amide bonds. The van der Waals surface area contributed by atoms with Crippen LogP contribution >= 0.6 is 12.2 Å². The van der Waals surface area contributed by atoms with E-state index in [-0.39, 0.29) is 16.9 Å². The first kappa shape index (κ1) is 22.3. The van der Waals surface area contributed by atoms with Crippen LogP contribution in [-0.2, 0) is 4.74 Å². The molecule has 0 saturated heterocycles. The Kier molecular flexibility index (Phi) is 9.07. The molecule has 0 atom stereocenters. The summed E-state index contributed by atoms with van der Waals surface area (Å²) in [6, 6.07) is 13.6. The zero-order valence-electron chi connectivity index (χ0n) is 16.5. The molecule has 3 N–H and O–H groups in total. The summed E-state index contributed by atoms with van der Waals surface area (Å²) in [4.78, 5) is 24.3. The fourth-order valence-electron chi connectivity index (χ4n) is 2.43. The van der Waals surface area contributed by atoms with Gasteiger partial charge in [-0.2, -0.15) is 0 Å². The van der Waals surface area contributed by atoms with E-state index in [1.54, 1.807) is 55.6 Å². The van der Waals surface area contributed by atoms with Crippen molar-refractivity contribution in [3.8, 4) is 5.75 Å². The molecule has 2 aromatic rings. The first-order valence-electron chi connectivity index (χ1n) is 9.26. The third kappa shape index (κ3) is 7.52. The summed E-state index contributed by atoms with van der Waals surface area (Å²) in [7, 11) is 1.62. The number of carbonyl (C=O) groups excluding carboxylic acids is 2. The highest BCUT2D eigenvalue weighted by molar-refractivity contribution is 7.80. The van der Waals surface area contributed by atoms with Crippen LogP contribution in [0, 0.1) is 0 Å². The topological polar surface area (TPSA) is 88.7 Å². The highest BCUT2D eigenvalue weighted by Crippen LogP contribution is 2.13. The molecule has 29 heavy (non-hydrogen) atoms. The van der Waals surface area contributed by atoms with Gasteiger partial charge in [-0.25, -0.2) is 0 Å². The summed E-state index contributed by atoms with van der Waals surface area (Å²) >= 11 is 5.19. The Bertz CT molecular complexity index is 823. The molecule has 8 heteroatoms. The van der Waals surface area contributed by atoms with Crippen molar-refractivity contribution in [2.45, 2.75) is 13.3 Å². The number of hydrogen-bond acceptors (Lipinski definition) is 5. The van der Waals surface area contributed by atoms with Gasteiger partial charge in [0.05, 0.1) is 6.61 Å². The maximum Gasteiger partial charge on any atom is 0.257 e. The van der Waals surface area contributed by atoms with Crippen molar-refractivity contribution >= 4 is 34.8 Å². The Labute approximate surface area is 175 Å². The number of anilines is 1. The summed E-state index contributed by atoms with van der Waals surface area (Å²) in [5, 5.41) is 8.54. The Hall–Kier alpha value is -2.97. The van der Waals surface area contributed by atoms with Gasteiger partial charge < -0.3 is 20.1 Å². The molecule has 0 aliphatic heterocycles. The van der Waals surface area contributed by atoms with Gasteiger partial charge in [-0.3, -0.25) is 14.9 Å². The van der Waals surface area contributed by atoms with Crippen molar-refractivity contribution in [3.63, 3.8) is 0 Å². The SMILES string of the molecule is CCOc1ccc(C(=O)NC(=S)Nc2ccc(C(=O)NCCCOC)cc2)cc1. The largest absolute Gasteiger partial charge is 0.494 e. The summed E-state index contributed by atoms with van der Waals surface area (Å²) in [6.45, 7) is 3.61. The van der Waals surface area contributed by atoms with Crippen molar-refractivity contribution in [1.29, 1.82) is 0 Å². The van der Waals surface area contributed by atoms with Crippen LogP contribution in [0.25, 0.3) is 0 Å². The number of methoxy groups -OCH3 is 1. The molecule has 0 spiro atoms. The van der Waals surface area contributed by atoms with Gasteiger partial charge in [-0.05, 0) is 74.1 Å². The van der Waals surface area contributed by atoms with Gasteiger partial charge in [0.15, 0.2) is 5.11 Å². The van der Waals surface area contributed by atoms with E-state index < -0.39 is 0 Å². The Morgan fingerprint density at radius 2 is 1.59 bits per heavy atom. The first-order valence-corrected chi connectivity index (χ1v) is 9.66. The lowest BCUT2D eigenvalue weighted by Gasteiger charge is -2.11. The van der Waals surface area contributed by atoms with Crippen LogP contribution in [0.15, 0.2) is 48.5 Å². The summed E-state index contributed by atoms with van der Waals surface area (Å²) in [5.74, 6) is 0.226. The van der Waals surface area contributed by atoms with E-state index >= 15 is 0 Å². The van der Waals surface area contributed by atoms with Gasteiger partial charge in [0.1, 0.15) is 5.75 Å². The van der Waals surface area contributed by atoms with Crippen molar-refractivity contribution < 1.29 is 19.1 Å². The van der Waals surface area contributed by atoms with E-state index in [0.29, 0.717) is 42.3 Å². The van der Waals surface area contributed by atoms with E-state index in [4.69, 9.17) is 21.7 Å². The average molecular weight is 416 g/mol. The van der Waals surface area contributed by atoms with Crippen LogP contribution in [0.2, 0.25) is 0 Å². The zero-order chi connectivity index (χ0) is 21.1. The molecule has 154 valence electrons. The Balaban J connectivity index is 1.83. The lowest BCUT2D eigenvalue weighted by atomic mass is 10.2. The van der Waals surface area contributed by atoms with E-state index in [9.17, 15) is 9.59 Å². The van der Waals surface area contributed by atoms with Crippen molar-refractivity contribution in [2.24, 2.45) is 0 Å². The lowest BCUT2D eigenvalue weighted by molar-refractivity contribution is 0.0946. The minimum atomic E-state index is -0.322. The highest BCUT2D eigenvalue weighted by Gasteiger charge is 2.09. The number of rotatable bonds is 9. The molecular weight excluding hydrogens is 390 g/mol. The highest BCUT2D eigenvalue weighted by atomic mass is 32.1. The van der Waals surface area contributed by atoms with Crippen LogP contribution in [0.5, 0.6) is 5.75 Å². The van der Waals surface area contributed by atoms with E-state index in [1.165, 1.54) is 0 Å². The minimum Gasteiger partial charge on any atom is -0.494 e. The molecule has 0 bridgehead atoms. The number of ether oxygens (including phenoxy) is 2. The number of hydrogen-bond donors (Lipinski definition) is 3. The fourth-order valence-corrected chi connectivity index (χ4v) is 2.64. The van der Waals surface area contributed by atoms with Crippen LogP contribution in [-0.4, -0.2) is 43.8 Å². The first-order chi connectivity index (χ1) is 14.0. The van der Waals surface area contributed by atoms with Crippen molar-refractivity contribution in [2.75, 3.05) is 32.2 Å². The van der Waals surface area contributed by atoms with E-state index in [1.807, 2.05) is 6.92 Å². The molecule has 0 radical (unpaired) electrons. The van der Waals surface area contributed by atoms with Gasteiger partial charge in [0, 0.05) is 37.1 Å². The third-order valence-corrected chi connectivity index (χ3v) is 4.07. The standard InChI is InChI=1S/C21H25N3O4S/c1-3-28-18-11-7-16(8-12-18)20(26)24-21(29)23-17-9-5-15(6-10-17)19(25)22-13-4-14-27-2/h5-12H,3-4,13-14H2,1-2H3,(H,22,25)(H2,23,24,26,29). The Morgan fingerprint density at radius 3 is 2.21 bits per heavy atom. The summed E-state index contributed by atoms with van der Waals surface area (Å²) in [5.41, 5.74) is 1.67. The quantitative estimate of drug-likeness (QED) is 0.431. The molecule has 7 nitrogen and oxygen atoms in total. The van der Waals surface area contributed by atoms with Crippen molar-refractivity contribution in [3.05, 3.63) is 59.7 Å². The van der Waals surface area contributed by atoms with Gasteiger partial charge in [-0.1, -0.05) is 0 Å². The monoisotopic (exact) mass is 415 g/mol. The van der Waals surface area contributed by atoms with Crippen LogP contribution in [0.3, 0.4) is 0 Å². The number of nitrogens with one attached hydrogen (secondary N) is 3. The second-order valence-corrected chi connectivity index (χ2v) is 6.45. The lowest BCUT2D eigenvalue weighted by Crippen LogP contribution is -2.34. The Morgan fingerprint density at radius 1 is 0.966 bits per heavy atom. The molecule has 0 aliphatic rings. The predicted molar refractivity (Wildman–Crippen MR) is 117 cm³/mol. The number of carbonyl (C=O) groups is 2. The van der Waals surface area contributed by atoms with E-state index in [0.717, 1.165) is 6.42 Å². The third-order valence-electron chi connectivity index (χ3n) is 3.87. The summed E-state index contributed by atoms with van der Waals surface area (Å²) in [6.07, 6.45) is 0.754. The predicted octanol–water partition coefficient (Wildman–Crippen LogP) is 2.98.